The Morgan fingerprint density at radius 2 is 2.06 bits per heavy atom. The normalized spacial score (nSPS) is 10.1. The van der Waals surface area contributed by atoms with Gasteiger partial charge in [-0.05, 0) is 24.3 Å². The molecule has 86 valence electrons. The molecule has 1 heterocycles. The zero-order chi connectivity index (χ0) is 12.4. The Labute approximate surface area is 95.3 Å². The van der Waals surface area contributed by atoms with Gasteiger partial charge in [-0.15, -0.1) is 0 Å². The number of nitro groups is 1. The molecule has 0 aliphatic heterocycles. The number of carboxylic acids is 1. The van der Waals surface area contributed by atoms with E-state index in [1.807, 2.05) is 0 Å². The van der Waals surface area contributed by atoms with Crippen LogP contribution in [-0.4, -0.2) is 16.0 Å². The number of hydrogen-bond acceptors (Lipinski definition) is 4. The number of rotatable bonds is 3. The van der Waals surface area contributed by atoms with Crippen LogP contribution in [0.5, 0.6) is 0 Å². The summed E-state index contributed by atoms with van der Waals surface area (Å²) < 4.78 is 5.05. The van der Waals surface area contributed by atoms with Gasteiger partial charge in [0.25, 0.3) is 5.69 Å². The molecule has 2 rings (SSSR count). The maximum Gasteiger partial charge on any atom is 0.342 e. The SMILES string of the molecule is O=C(O)c1cccc(-c2ccco2)c1[N+](=O)[O-]. The van der Waals surface area contributed by atoms with Crippen molar-refractivity contribution in [3.05, 3.63) is 52.3 Å². The molecule has 0 spiro atoms. The highest BCUT2D eigenvalue weighted by atomic mass is 16.6. The quantitative estimate of drug-likeness (QED) is 0.649. The van der Waals surface area contributed by atoms with E-state index >= 15 is 0 Å². The highest BCUT2D eigenvalue weighted by Crippen LogP contribution is 2.33. The highest BCUT2D eigenvalue weighted by Gasteiger charge is 2.25. The summed E-state index contributed by atoms with van der Waals surface area (Å²) in [5.41, 5.74) is -0.668. The molecule has 0 aliphatic carbocycles. The molecule has 0 amide bonds. The molecule has 0 atom stereocenters. The molecule has 6 heteroatoms. The molecular weight excluding hydrogens is 226 g/mol. The fraction of sp³-hybridized carbons (Fsp3) is 0. The third-order valence-electron chi connectivity index (χ3n) is 2.24. The van der Waals surface area contributed by atoms with Gasteiger partial charge in [-0.3, -0.25) is 10.1 Å². The molecule has 0 bridgehead atoms. The van der Waals surface area contributed by atoms with Crippen LogP contribution in [0, 0.1) is 10.1 Å². The van der Waals surface area contributed by atoms with Gasteiger partial charge in [0.05, 0.1) is 16.7 Å². The van der Waals surface area contributed by atoms with Gasteiger partial charge in [-0.2, -0.15) is 0 Å². The zero-order valence-electron chi connectivity index (χ0n) is 8.49. The molecule has 0 saturated heterocycles. The minimum atomic E-state index is -1.34. The van der Waals surface area contributed by atoms with E-state index in [9.17, 15) is 14.9 Å². The summed E-state index contributed by atoms with van der Waals surface area (Å²) in [5.74, 6) is -1.08. The van der Waals surface area contributed by atoms with E-state index in [0.29, 0.717) is 0 Å². The second kappa shape index (κ2) is 4.09. The van der Waals surface area contributed by atoms with E-state index in [2.05, 4.69) is 0 Å². The molecular formula is C11H7NO5. The molecule has 0 saturated carbocycles. The van der Waals surface area contributed by atoms with Crippen LogP contribution in [0.25, 0.3) is 11.3 Å². The van der Waals surface area contributed by atoms with E-state index in [1.165, 1.54) is 30.5 Å². The first-order valence-electron chi connectivity index (χ1n) is 4.66. The molecule has 0 radical (unpaired) electrons. The number of carboxylic acid groups (broad SMARTS) is 1. The van der Waals surface area contributed by atoms with Gasteiger partial charge in [0.1, 0.15) is 11.3 Å². The van der Waals surface area contributed by atoms with Gasteiger partial charge in [-0.25, -0.2) is 4.79 Å². The summed E-state index contributed by atoms with van der Waals surface area (Å²) in [4.78, 5) is 21.1. The first-order valence-corrected chi connectivity index (χ1v) is 4.66. The Morgan fingerprint density at radius 3 is 2.59 bits per heavy atom. The van der Waals surface area contributed by atoms with E-state index in [4.69, 9.17) is 9.52 Å². The van der Waals surface area contributed by atoms with Crippen molar-refractivity contribution in [2.75, 3.05) is 0 Å². The average Bonchev–Trinajstić information content (AvgIpc) is 2.81. The Kier molecular flexibility index (Phi) is 2.61. The molecule has 1 N–H and O–H groups in total. The van der Waals surface area contributed by atoms with Crippen molar-refractivity contribution < 1.29 is 19.2 Å². The number of para-hydroxylation sites is 1. The molecule has 0 unspecified atom stereocenters. The number of benzene rings is 1. The largest absolute Gasteiger partial charge is 0.477 e. The second-order valence-electron chi connectivity index (χ2n) is 3.24. The Balaban J connectivity index is 2.72. The van der Waals surface area contributed by atoms with Crippen molar-refractivity contribution in [1.29, 1.82) is 0 Å². The topological polar surface area (TPSA) is 93.6 Å². The third kappa shape index (κ3) is 1.87. The van der Waals surface area contributed by atoms with Gasteiger partial charge in [0.15, 0.2) is 0 Å². The van der Waals surface area contributed by atoms with Crippen LogP contribution in [0.15, 0.2) is 41.0 Å². The van der Waals surface area contributed by atoms with Crippen LogP contribution in [-0.2, 0) is 0 Å². The standard InChI is InChI=1S/C11H7NO5/c13-11(14)8-4-1-3-7(10(8)12(15)16)9-5-2-6-17-9/h1-6H,(H,13,14). The Bertz CT molecular complexity index is 574. The third-order valence-corrected chi connectivity index (χ3v) is 2.24. The molecule has 0 aliphatic rings. The van der Waals surface area contributed by atoms with Crippen molar-refractivity contribution >= 4 is 11.7 Å². The summed E-state index contributed by atoms with van der Waals surface area (Å²) in [6.45, 7) is 0. The number of hydrogen-bond donors (Lipinski definition) is 1. The Morgan fingerprint density at radius 1 is 1.29 bits per heavy atom. The van der Waals surface area contributed by atoms with Crippen molar-refractivity contribution in [1.82, 2.24) is 0 Å². The first-order chi connectivity index (χ1) is 8.11. The maximum absolute atomic E-state index is 10.9. The van der Waals surface area contributed by atoms with Crippen LogP contribution in [0.3, 0.4) is 0 Å². The van der Waals surface area contributed by atoms with Crippen molar-refractivity contribution in [2.45, 2.75) is 0 Å². The first kappa shape index (κ1) is 10.9. The molecule has 1 aromatic carbocycles. The van der Waals surface area contributed by atoms with Crippen molar-refractivity contribution in [3.63, 3.8) is 0 Å². The molecule has 0 fully saturated rings. The van der Waals surface area contributed by atoms with Gasteiger partial charge in [-0.1, -0.05) is 6.07 Å². The van der Waals surface area contributed by atoms with Crippen molar-refractivity contribution in [3.8, 4) is 11.3 Å². The highest BCUT2D eigenvalue weighted by molar-refractivity contribution is 5.96. The van der Waals surface area contributed by atoms with Crippen LogP contribution >= 0.6 is 0 Å². The van der Waals surface area contributed by atoms with Gasteiger partial charge < -0.3 is 9.52 Å². The number of carbonyl (C=O) groups is 1. The van der Waals surface area contributed by atoms with Crippen LogP contribution in [0.1, 0.15) is 10.4 Å². The van der Waals surface area contributed by atoms with Crippen LogP contribution in [0.2, 0.25) is 0 Å². The van der Waals surface area contributed by atoms with E-state index in [0.717, 1.165) is 0 Å². The monoisotopic (exact) mass is 233 g/mol. The van der Waals surface area contributed by atoms with Crippen molar-refractivity contribution in [2.24, 2.45) is 0 Å². The average molecular weight is 233 g/mol. The molecule has 6 nitrogen and oxygen atoms in total. The lowest BCUT2D eigenvalue weighted by Crippen LogP contribution is -2.03. The maximum atomic E-state index is 10.9. The fourth-order valence-corrected chi connectivity index (χ4v) is 1.54. The van der Waals surface area contributed by atoms with Gasteiger partial charge >= 0.3 is 5.97 Å². The lowest BCUT2D eigenvalue weighted by Gasteiger charge is -2.02. The summed E-state index contributed by atoms with van der Waals surface area (Å²) in [6, 6.07) is 7.19. The molecule has 1 aromatic heterocycles. The number of nitrogens with zero attached hydrogens (tertiary/aromatic N) is 1. The van der Waals surface area contributed by atoms with Crippen LogP contribution in [0.4, 0.5) is 5.69 Å². The molecule has 17 heavy (non-hydrogen) atoms. The van der Waals surface area contributed by atoms with Gasteiger partial charge in [0, 0.05) is 0 Å². The minimum absolute atomic E-state index is 0.153. The fourth-order valence-electron chi connectivity index (χ4n) is 1.54. The predicted octanol–water partition coefficient (Wildman–Crippen LogP) is 2.55. The summed E-state index contributed by atoms with van der Waals surface area (Å²) in [6.07, 6.45) is 1.37. The smallest absolute Gasteiger partial charge is 0.342 e. The number of nitro benzene ring substituents is 1. The second-order valence-corrected chi connectivity index (χ2v) is 3.24. The Hall–Kier alpha value is -2.63. The summed E-state index contributed by atoms with van der Waals surface area (Å²) in [5, 5.41) is 19.8. The minimum Gasteiger partial charge on any atom is -0.477 e. The van der Waals surface area contributed by atoms with Crippen LogP contribution < -0.4 is 0 Å². The van der Waals surface area contributed by atoms with E-state index in [1.54, 1.807) is 6.07 Å². The summed E-state index contributed by atoms with van der Waals surface area (Å²) in [7, 11) is 0. The van der Waals surface area contributed by atoms with Gasteiger partial charge in [0.2, 0.25) is 0 Å². The lowest BCUT2D eigenvalue weighted by molar-refractivity contribution is -0.384. The number of furan rings is 1. The van der Waals surface area contributed by atoms with E-state index < -0.39 is 16.6 Å². The zero-order valence-corrected chi connectivity index (χ0v) is 8.49. The summed E-state index contributed by atoms with van der Waals surface area (Å²) >= 11 is 0. The van der Waals surface area contributed by atoms with E-state index in [-0.39, 0.29) is 16.9 Å². The lowest BCUT2D eigenvalue weighted by atomic mass is 10.1. The molecule has 2 aromatic rings. The number of aromatic carboxylic acids is 1. The predicted molar refractivity (Wildman–Crippen MR) is 57.8 cm³/mol.